The second-order valence-corrected chi connectivity index (χ2v) is 4.33. The molecule has 16 heavy (non-hydrogen) atoms. The molecule has 0 aromatic carbocycles. The Labute approximate surface area is 94.2 Å². The van der Waals surface area contributed by atoms with Crippen molar-refractivity contribution in [1.82, 2.24) is 15.0 Å². The van der Waals surface area contributed by atoms with Gasteiger partial charge in [0.05, 0.1) is 12.2 Å². The zero-order chi connectivity index (χ0) is 11.5. The van der Waals surface area contributed by atoms with Crippen LogP contribution in [0.5, 0.6) is 0 Å². The Hall–Kier alpha value is -1.43. The summed E-state index contributed by atoms with van der Waals surface area (Å²) in [7, 11) is 0. The third kappa shape index (κ3) is 2.57. The normalized spacial score (nSPS) is 25.4. The van der Waals surface area contributed by atoms with Crippen LogP contribution in [-0.4, -0.2) is 26.9 Å². The van der Waals surface area contributed by atoms with Crippen molar-refractivity contribution >= 4 is 11.7 Å². The van der Waals surface area contributed by atoms with E-state index in [1.807, 2.05) is 4.68 Å². The number of aromatic nitrogens is 3. The fourth-order valence-electron chi connectivity index (χ4n) is 2.06. The number of amides is 1. The fraction of sp³-hybridized carbons (Fsp3) is 0.700. The molecule has 0 atom stereocenters. The van der Waals surface area contributed by atoms with E-state index in [4.69, 9.17) is 5.73 Å². The first-order valence-corrected chi connectivity index (χ1v) is 5.60. The predicted molar refractivity (Wildman–Crippen MR) is 59.8 cm³/mol. The van der Waals surface area contributed by atoms with Crippen LogP contribution in [0.15, 0.2) is 6.20 Å². The summed E-state index contributed by atoms with van der Waals surface area (Å²) >= 11 is 0. The molecule has 1 aromatic heterocycles. The van der Waals surface area contributed by atoms with Crippen molar-refractivity contribution in [3.8, 4) is 0 Å². The average molecular weight is 223 g/mol. The molecule has 88 valence electrons. The van der Waals surface area contributed by atoms with Gasteiger partial charge in [-0.25, -0.2) is 4.68 Å². The van der Waals surface area contributed by atoms with Crippen LogP contribution in [0.2, 0.25) is 0 Å². The first-order chi connectivity index (χ1) is 7.65. The monoisotopic (exact) mass is 223 g/mol. The van der Waals surface area contributed by atoms with Gasteiger partial charge in [0.25, 0.3) is 0 Å². The number of rotatable bonds is 2. The van der Waals surface area contributed by atoms with E-state index in [9.17, 15) is 4.79 Å². The minimum atomic E-state index is -0.127. The van der Waals surface area contributed by atoms with Crippen LogP contribution < -0.4 is 11.1 Å². The van der Waals surface area contributed by atoms with Crippen molar-refractivity contribution in [2.45, 2.75) is 44.7 Å². The highest BCUT2D eigenvalue weighted by Gasteiger charge is 2.20. The predicted octanol–water partition coefficient (Wildman–Crippen LogP) is 0.679. The molecule has 1 aliphatic rings. The second kappa shape index (κ2) is 4.61. The molecule has 1 amide bonds. The summed E-state index contributed by atoms with van der Waals surface area (Å²) in [5.41, 5.74) is 5.84. The standard InChI is InChI=1S/C10H17N5O/c1-7(16)12-10-6-15(14-13-10)9-4-2-8(11)3-5-9/h6,8-9H,2-5,11H2,1H3,(H,12,16). The minimum Gasteiger partial charge on any atom is -0.328 e. The molecule has 2 rings (SSSR count). The van der Waals surface area contributed by atoms with Crippen LogP contribution >= 0.6 is 0 Å². The number of carbonyl (C=O) groups excluding carboxylic acids is 1. The lowest BCUT2D eigenvalue weighted by molar-refractivity contribution is -0.114. The molecule has 1 aliphatic carbocycles. The maximum absolute atomic E-state index is 10.8. The van der Waals surface area contributed by atoms with Crippen LogP contribution in [0.4, 0.5) is 5.82 Å². The Bertz CT molecular complexity index is 367. The number of hydrogen-bond donors (Lipinski definition) is 2. The number of nitrogens with two attached hydrogens (primary N) is 1. The third-order valence-corrected chi connectivity index (χ3v) is 2.93. The zero-order valence-corrected chi connectivity index (χ0v) is 9.39. The van der Waals surface area contributed by atoms with E-state index in [0.29, 0.717) is 17.9 Å². The smallest absolute Gasteiger partial charge is 0.222 e. The Morgan fingerprint density at radius 2 is 2.19 bits per heavy atom. The van der Waals surface area contributed by atoms with Crippen molar-refractivity contribution < 1.29 is 4.79 Å². The summed E-state index contributed by atoms with van der Waals surface area (Å²) in [6, 6.07) is 0.699. The lowest BCUT2D eigenvalue weighted by Gasteiger charge is -2.25. The maximum Gasteiger partial charge on any atom is 0.222 e. The van der Waals surface area contributed by atoms with Gasteiger partial charge in [0, 0.05) is 13.0 Å². The van der Waals surface area contributed by atoms with E-state index in [1.165, 1.54) is 6.92 Å². The van der Waals surface area contributed by atoms with Crippen molar-refractivity contribution in [3.05, 3.63) is 6.20 Å². The minimum absolute atomic E-state index is 0.127. The number of carbonyl (C=O) groups is 1. The summed E-state index contributed by atoms with van der Waals surface area (Å²) < 4.78 is 1.83. The molecule has 0 saturated heterocycles. The van der Waals surface area contributed by atoms with Crippen molar-refractivity contribution in [2.24, 2.45) is 5.73 Å². The molecule has 0 bridgehead atoms. The molecule has 0 unspecified atom stereocenters. The first-order valence-electron chi connectivity index (χ1n) is 5.60. The Balaban J connectivity index is 1.99. The highest BCUT2D eigenvalue weighted by molar-refractivity contribution is 5.87. The van der Waals surface area contributed by atoms with Gasteiger partial charge < -0.3 is 11.1 Å². The molecule has 1 fully saturated rings. The quantitative estimate of drug-likeness (QED) is 0.772. The molecule has 1 heterocycles. The van der Waals surface area contributed by atoms with Gasteiger partial charge in [-0.2, -0.15) is 0 Å². The molecule has 6 nitrogen and oxygen atoms in total. The summed E-state index contributed by atoms with van der Waals surface area (Å²) in [5, 5.41) is 10.5. The van der Waals surface area contributed by atoms with Gasteiger partial charge in [-0.1, -0.05) is 5.21 Å². The van der Waals surface area contributed by atoms with Gasteiger partial charge in [0.15, 0.2) is 5.82 Å². The van der Waals surface area contributed by atoms with E-state index in [-0.39, 0.29) is 5.91 Å². The van der Waals surface area contributed by atoms with Crippen molar-refractivity contribution in [1.29, 1.82) is 0 Å². The van der Waals surface area contributed by atoms with Crippen molar-refractivity contribution in [3.63, 3.8) is 0 Å². The van der Waals surface area contributed by atoms with Gasteiger partial charge in [-0.05, 0) is 25.7 Å². The molecule has 1 aromatic rings. The Morgan fingerprint density at radius 3 is 2.81 bits per heavy atom. The number of hydrogen-bond acceptors (Lipinski definition) is 4. The number of nitrogens with zero attached hydrogens (tertiary/aromatic N) is 3. The molecule has 0 aliphatic heterocycles. The van der Waals surface area contributed by atoms with Crippen molar-refractivity contribution in [2.75, 3.05) is 5.32 Å². The third-order valence-electron chi connectivity index (χ3n) is 2.93. The van der Waals surface area contributed by atoms with Gasteiger partial charge >= 0.3 is 0 Å². The first kappa shape index (κ1) is 11.1. The Morgan fingerprint density at radius 1 is 1.50 bits per heavy atom. The van der Waals surface area contributed by atoms with Gasteiger partial charge in [-0.15, -0.1) is 5.10 Å². The van der Waals surface area contributed by atoms with E-state index in [1.54, 1.807) is 6.20 Å². The van der Waals surface area contributed by atoms with Crippen LogP contribution in [0.3, 0.4) is 0 Å². The van der Waals surface area contributed by atoms with Gasteiger partial charge in [-0.3, -0.25) is 4.79 Å². The molecule has 0 radical (unpaired) electrons. The number of anilines is 1. The maximum atomic E-state index is 10.8. The summed E-state index contributed by atoms with van der Waals surface area (Å²) in [4.78, 5) is 10.8. The molecule has 1 saturated carbocycles. The fourth-order valence-corrected chi connectivity index (χ4v) is 2.06. The molecule has 3 N–H and O–H groups in total. The largest absolute Gasteiger partial charge is 0.328 e. The molecule has 0 spiro atoms. The highest BCUT2D eigenvalue weighted by Crippen LogP contribution is 2.27. The lowest BCUT2D eigenvalue weighted by atomic mass is 9.92. The molecular formula is C10H17N5O. The van der Waals surface area contributed by atoms with E-state index >= 15 is 0 Å². The number of nitrogens with one attached hydrogen (secondary N) is 1. The second-order valence-electron chi connectivity index (χ2n) is 4.33. The SMILES string of the molecule is CC(=O)Nc1cn(C2CCC(N)CC2)nn1. The van der Waals surface area contributed by atoms with E-state index < -0.39 is 0 Å². The van der Waals surface area contributed by atoms with Crippen LogP contribution in [0.1, 0.15) is 38.6 Å². The average Bonchev–Trinajstić information content (AvgIpc) is 2.66. The Kier molecular flexibility index (Phi) is 3.19. The summed E-state index contributed by atoms with van der Waals surface area (Å²) in [6.45, 7) is 1.46. The topological polar surface area (TPSA) is 85.8 Å². The van der Waals surface area contributed by atoms with E-state index in [0.717, 1.165) is 25.7 Å². The van der Waals surface area contributed by atoms with Crippen LogP contribution in [0, 0.1) is 0 Å². The van der Waals surface area contributed by atoms with Gasteiger partial charge in [0.1, 0.15) is 0 Å². The van der Waals surface area contributed by atoms with Crippen LogP contribution in [0.25, 0.3) is 0 Å². The van der Waals surface area contributed by atoms with Crippen LogP contribution in [-0.2, 0) is 4.79 Å². The summed E-state index contributed by atoms with van der Waals surface area (Å²) in [6.07, 6.45) is 5.90. The van der Waals surface area contributed by atoms with E-state index in [2.05, 4.69) is 15.6 Å². The highest BCUT2D eigenvalue weighted by atomic mass is 16.1. The summed E-state index contributed by atoms with van der Waals surface area (Å²) in [5.74, 6) is 0.389. The van der Waals surface area contributed by atoms with Gasteiger partial charge in [0.2, 0.25) is 5.91 Å². The zero-order valence-electron chi connectivity index (χ0n) is 9.39. The molecular weight excluding hydrogens is 206 g/mol. The molecule has 6 heteroatoms. The lowest BCUT2D eigenvalue weighted by Crippen LogP contribution is -2.28.